The lowest BCUT2D eigenvalue weighted by Gasteiger charge is -2.13. The molecule has 0 aliphatic carbocycles. The van der Waals surface area contributed by atoms with E-state index in [0.717, 1.165) is 22.7 Å². The molecule has 1 heterocycles. The maximum atomic E-state index is 5.98. The average molecular weight is 287 g/mol. The Bertz CT molecular complexity index is 632. The quantitative estimate of drug-likeness (QED) is 0.640. The van der Waals surface area contributed by atoms with Crippen molar-refractivity contribution in [3.63, 3.8) is 0 Å². The van der Waals surface area contributed by atoms with Gasteiger partial charge in [-0.1, -0.05) is 6.07 Å². The average Bonchev–Trinajstić information content (AvgIpc) is 2.78. The number of rotatable bonds is 4. The van der Waals surface area contributed by atoms with E-state index in [9.17, 15) is 0 Å². The van der Waals surface area contributed by atoms with E-state index in [1.807, 2.05) is 32.4 Å². The van der Waals surface area contributed by atoms with Gasteiger partial charge in [0.25, 0.3) is 0 Å². The van der Waals surface area contributed by atoms with E-state index in [-0.39, 0.29) is 0 Å². The van der Waals surface area contributed by atoms with E-state index in [0.29, 0.717) is 0 Å². The second-order valence-electron chi connectivity index (χ2n) is 5.24. The minimum atomic E-state index is -1.15. The number of benzene rings is 1. The first-order valence-electron chi connectivity index (χ1n) is 6.77. The SMILES string of the molecule is CC(=Nc1ccc(C)cc1O[SiH](C)C)c1cnn(C)c1. The molecule has 0 bridgehead atoms. The van der Waals surface area contributed by atoms with Crippen LogP contribution < -0.4 is 4.43 Å². The monoisotopic (exact) mass is 287 g/mol. The topological polar surface area (TPSA) is 39.4 Å². The van der Waals surface area contributed by atoms with Crippen molar-refractivity contribution in [3.8, 4) is 5.75 Å². The zero-order valence-corrected chi connectivity index (χ0v) is 13.9. The largest absolute Gasteiger partial charge is 0.546 e. The highest BCUT2D eigenvalue weighted by Crippen LogP contribution is 2.29. The first kappa shape index (κ1) is 14.5. The number of aromatic nitrogens is 2. The first-order valence-corrected chi connectivity index (χ1v) is 9.55. The van der Waals surface area contributed by atoms with Gasteiger partial charge < -0.3 is 4.43 Å². The Morgan fingerprint density at radius 2 is 2.10 bits per heavy atom. The fraction of sp³-hybridized carbons (Fsp3) is 0.333. The van der Waals surface area contributed by atoms with E-state index >= 15 is 0 Å². The highest BCUT2D eigenvalue weighted by Gasteiger charge is 2.08. The predicted molar refractivity (Wildman–Crippen MR) is 85.8 cm³/mol. The van der Waals surface area contributed by atoms with Gasteiger partial charge in [0.1, 0.15) is 11.4 Å². The molecule has 0 amide bonds. The van der Waals surface area contributed by atoms with Crippen molar-refractivity contribution in [1.29, 1.82) is 0 Å². The van der Waals surface area contributed by atoms with Gasteiger partial charge in [0.15, 0.2) is 0 Å². The summed E-state index contributed by atoms with van der Waals surface area (Å²) in [7, 11) is 0.758. The minimum Gasteiger partial charge on any atom is -0.546 e. The smallest absolute Gasteiger partial charge is 0.229 e. The fourth-order valence-corrected chi connectivity index (χ4v) is 2.61. The summed E-state index contributed by atoms with van der Waals surface area (Å²) in [6, 6.07) is 6.13. The molecule has 0 unspecified atom stereocenters. The summed E-state index contributed by atoms with van der Waals surface area (Å²) in [5.41, 5.74) is 4.05. The van der Waals surface area contributed by atoms with E-state index in [1.165, 1.54) is 5.56 Å². The molecule has 0 aliphatic heterocycles. The Morgan fingerprint density at radius 3 is 2.70 bits per heavy atom. The number of nitrogens with zero attached hydrogens (tertiary/aromatic N) is 3. The third-order valence-electron chi connectivity index (χ3n) is 2.89. The van der Waals surface area contributed by atoms with Gasteiger partial charge in [-0.2, -0.15) is 5.10 Å². The second kappa shape index (κ2) is 6.05. The first-order chi connectivity index (χ1) is 9.45. The van der Waals surface area contributed by atoms with Gasteiger partial charge in [-0.05, 0) is 44.6 Å². The second-order valence-corrected chi connectivity index (χ2v) is 7.57. The van der Waals surface area contributed by atoms with Crippen LogP contribution in [0.2, 0.25) is 13.1 Å². The normalized spacial score (nSPS) is 12.0. The third kappa shape index (κ3) is 3.57. The van der Waals surface area contributed by atoms with Crippen LogP contribution in [-0.2, 0) is 7.05 Å². The molecular weight excluding hydrogens is 266 g/mol. The Morgan fingerprint density at radius 1 is 1.35 bits per heavy atom. The van der Waals surface area contributed by atoms with E-state index in [2.05, 4.69) is 37.2 Å². The van der Waals surface area contributed by atoms with Gasteiger partial charge in [0.2, 0.25) is 9.04 Å². The van der Waals surface area contributed by atoms with Crippen molar-refractivity contribution >= 4 is 20.4 Å². The van der Waals surface area contributed by atoms with Crippen molar-refractivity contribution < 1.29 is 4.43 Å². The van der Waals surface area contributed by atoms with Crippen molar-refractivity contribution in [2.75, 3.05) is 0 Å². The molecule has 0 spiro atoms. The molecule has 0 saturated carbocycles. The van der Waals surface area contributed by atoms with Crippen LogP contribution >= 0.6 is 0 Å². The van der Waals surface area contributed by atoms with Gasteiger partial charge >= 0.3 is 0 Å². The Hall–Kier alpha value is -1.88. The Balaban J connectivity index is 2.36. The maximum absolute atomic E-state index is 5.98. The Kier molecular flexibility index (Phi) is 4.39. The maximum Gasteiger partial charge on any atom is 0.229 e. The molecule has 0 fully saturated rings. The van der Waals surface area contributed by atoms with Crippen molar-refractivity contribution in [1.82, 2.24) is 9.78 Å². The van der Waals surface area contributed by atoms with Crippen molar-refractivity contribution in [2.24, 2.45) is 12.0 Å². The third-order valence-corrected chi connectivity index (χ3v) is 3.61. The number of aliphatic imine (C=N–C) groups is 1. The fourth-order valence-electron chi connectivity index (χ4n) is 1.92. The zero-order chi connectivity index (χ0) is 14.7. The molecule has 2 rings (SSSR count). The molecule has 0 N–H and O–H groups in total. The molecule has 0 atom stereocenters. The molecule has 106 valence electrons. The molecule has 2 aromatic rings. The lowest BCUT2D eigenvalue weighted by Crippen LogP contribution is -2.11. The predicted octanol–water partition coefficient (Wildman–Crippen LogP) is 3.23. The summed E-state index contributed by atoms with van der Waals surface area (Å²) in [6.07, 6.45) is 3.79. The van der Waals surface area contributed by atoms with Crippen LogP contribution in [0.25, 0.3) is 0 Å². The molecule has 0 radical (unpaired) electrons. The summed E-state index contributed by atoms with van der Waals surface area (Å²) < 4.78 is 7.76. The molecule has 4 nitrogen and oxygen atoms in total. The number of hydrogen-bond donors (Lipinski definition) is 0. The molecule has 0 aliphatic rings. The van der Waals surface area contributed by atoms with Crippen LogP contribution in [0.15, 0.2) is 35.6 Å². The highest BCUT2D eigenvalue weighted by atomic mass is 28.3. The molecule has 20 heavy (non-hydrogen) atoms. The van der Waals surface area contributed by atoms with Gasteiger partial charge in [0.05, 0.1) is 6.20 Å². The van der Waals surface area contributed by atoms with Crippen LogP contribution in [-0.4, -0.2) is 24.5 Å². The summed E-state index contributed by atoms with van der Waals surface area (Å²) in [5, 5.41) is 4.18. The van der Waals surface area contributed by atoms with Gasteiger partial charge in [-0.15, -0.1) is 0 Å². The van der Waals surface area contributed by atoms with Crippen LogP contribution in [0.3, 0.4) is 0 Å². The molecule has 5 heteroatoms. The minimum absolute atomic E-state index is 0.884. The molecular formula is C15H21N3OSi. The van der Waals surface area contributed by atoms with Crippen LogP contribution in [0, 0.1) is 6.92 Å². The zero-order valence-electron chi connectivity index (χ0n) is 12.7. The molecule has 1 aromatic carbocycles. The van der Waals surface area contributed by atoms with Gasteiger partial charge in [0, 0.05) is 24.5 Å². The van der Waals surface area contributed by atoms with E-state index in [1.54, 1.807) is 4.68 Å². The lowest BCUT2D eigenvalue weighted by atomic mass is 10.2. The van der Waals surface area contributed by atoms with Gasteiger partial charge in [-0.25, -0.2) is 4.99 Å². The Labute approximate surface area is 121 Å². The van der Waals surface area contributed by atoms with Crippen molar-refractivity contribution in [3.05, 3.63) is 41.7 Å². The van der Waals surface area contributed by atoms with E-state index in [4.69, 9.17) is 9.42 Å². The summed E-state index contributed by atoms with van der Waals surface area (Å²) in [4.78, 5) is 4.70. The highest BCUT2D eigenvalue weighted by molar-refractivity contribution is 6.49. The van der Waals surface area contributed by atoms with Crippen LogP contribution in [0.5, 0.6) is 5.75 Å². The number of aryl methyl sites for hydroxylation is 2. The standard InChI is InChI=1S/C15H21N3OSi/c1-11-6-7-14(15(8-11)19-20(4)5)17-12(2)13-9-16-18(3)10-13/h6-10,20H,1-5H3. The molecule has 0 saturated heterocycles. The number of hydrogen-bond acceptors (Lipinski definition) is 3. The van der Waals surface area contributed by atoms with Crippen LogP contribution in [0.4, 0.5) is 5.69 Å². The summed E-state index contributed by atoms with van der Waals surface area (Å²) >= 11 is 0. The summed E-state index contributed by atoms with van der Waals surface area (Å²) in [5.74, 6) is 0.884. The summed E-state index contributed by atoms with van der Waals surface area (Å²) in [6.45, 7) is 8.37. The molecule has 1 aromatic heterocycles. The lowest BCUT2D eigenvalue weighted by molar-refractivity contribution is 0.581. The van der Waals surface area contributed by atoms with Gasteiger partial charge in [-0.3, -0.25) is 4.68 Å². The van der Waals surface area contributed by atoms with E-state index < -0.39 is 9.04 Å². The van der Waals surface area contributed by atoms with Crippen LogP contribution in [0.1, 0.15) is 18.1 Å². The van der Waals surface area contributed by atoms with Crippen molar-refractivity contribution in [2.45, 2.75) is 26.9 Å².